The van der Waals surface area contributed by atoms with Crippen LogP contribution in [0.5, 0.6) is 0 Å². The summed E-state index contributed by atoms with van der Waals surface area (Å²) >= 11 is 0. The van der Waals surface area contributed by atoms with E-state index in [0.29, 0.717) is 0 Å². The van der Waals surface area contributed by atoms with Crippen LogP contribution in [0.1, 0.15) is 86.5 Å². The van der Waals surface area contributed by atoms with Crippen LogP contribution in [-0.4, -0.2) is 0 Å². The summed E-state index contributed by atoms with van der Waals surface area (Å²) in [6, 6.07) is 0. The van der Waals surface area contributed by atoms with Crippen molar-refractivity contribution in [2.24, 2.45) is 47.3 Å². The second-order valence-electron chi connectivity index (χ2n) is 9.27. The summed E-state index contributed by atoms with van der Waals surface area (Å²) in [6.07, 6.45) is 10.6. The molecule has 0 amide bonds. The van der Waals surface area contributed by atoms with Crippen molar-refractivity contribution in [2.75, 3.05) is 0 Å². The van der Waals surface area contributed by atoms with Crippen molar-refractivity contribution in [3.05, 3.63) is 0 Å². The molecule has 0 heterocycles. The quantitative estimate of drug-likeness (QED) is 0.535. The number of hydrogen-bond acceptors (Lipinski definition) is 0. The van der Waals surface area contributed by atoms with Crippen LogP contribution in [0.15, 0.2) is 0 Å². The van der Waals surface area contributed by atoms with Gasteiger partial charge < -0.3 is 0 Å². The van der Waals surface area contributed by atoms with Gasteiger partial charge in [0.05, 0.1) is 0 Å². The predicted octanol–water partition coefficient (Wildman–Crippen LogP) is 6.79. The third kappa shape index (κ3) is 4.05. The van der Waals surface area contributed by atoms with E-state index in [1.165, 1.54) is 44.9 Å². The average molecular weight is 293 g/mol. The molecule has 0 saturated heterocycles. The minimum absolute atomic E-state index is 0.875. The van der Waals surface area contributed by atoms with Gasteiger partial charge in [-0.1, -0.05) is 73.6 Å². The highest BCUT2D eigenvalue weighted by atomic mass is 14.5. The van der Waals surface area contributed by atoms with Crippen LogP contribution in [0.3, 0.4) is 0 Å². The first-order chi connectivity index (χ1) is 9.91. The molecule has 2 unspecified atom stereocenters. The zero-order valence-corrected chi connectivity index (χ0v) is 15.6. The van der Waals surface area contributed by atoms with E-state index in [2.05, 4.69) is 41.5 Å². The van der Waals surface area contributed by atoms with Crippen molar-refractivity contribution in [3.8, 4) is 0 Å². The molecule has 2 saturated carbocycles. The van der Waals surface area contributed by atoms with Gasteiger partial charge in [-0.05, 0) is 60.2 Å². The van der Waals surface area contributed by atoms with Gasteiger partial charge in [0.2, 0.25) is 0 Å². The summed E-state index contributed by atoms with van der Waals surface area (Å²) in [6.45, 7) is 14.9. The highest BCUT2D eigenvalue weighted by Gasteiger charge is 2.44. The van der Waals surface area contributed by atoms with Gasteiger partial charge in [0.15, 0.2) is 0 Å². The van der Waals surface area contributed by atoms with Crippen molar-refractivity contribution in [1.29, 1.82) is 0 Å². The molecule has 2 aliphatic rings. The molecule has 0 aliphatic heterocycles. The van der Waals surface area contributed by atoms with Crippen LogP contribution in [0, 0.1) is 47.3 Å². The minimum Gasteiger partial charge on any atom is -0.0625 e. The van der Waals surface area contributed by atoms with E-state index in [0.717, 1.165) is 47.3 Å². The molecule has 124 valence electrons. The van der Waals surface area contributed by atoms with Gasteiger partial charge in [-0.3, -0.25) is 0 Å². The van der Waals surface area contributed by atoms with Gasteiger partial charge in [0.25, 0.3) is 0 Å². The SMILES string of the molecule is CC(C)C1CC(C(C)C)C(C2CCCCC2)C(C(C)C)C1. The van der Waals surface area contributed by atoms with Crippen LogP contribution in [0.2, 0.25) is 0 Å². The second kappa shape index (κ2) is 7.51. The summed E-state index contributed by atoms with van der Waals surface area (Å²) in [5, 5.41) is 0. The molecule has 0 heteroatoms. The second-order valence-corrected chi connectivity index (χ2v) is 9.27. The largest absolute Gasteiger partial charge is 0.0625 e. The third-order valence-electron chi connectivity index (χ3n) is 6.99. The molecule has 21 heavy (non-hydrogen) atoms. The van der Waals surface area contributed by atoms with Crippen molar-refractivity contribution >= 4 is 0 Å². The first kappa shape index (κ1) is 17.4. The van der Waals surface area contributed by atoms with E-state index in [9.17, 15) is 0 Å². The molecular formula is C21H40. The molecule has 0 bridgehead atoms. The lowest BCUT2D eigenvalue weighted by Crippen LogP contribution is -2.43. The van der Waals surface area contributed by atoms with Crippen molar-refractivity contribution in [3.63, 3.8) is 0 Å². The first-order valence-corrected chi connectivity index (χ1v) is 9.91. The lowest BCUT2D eigenvalue weighted by Gasteiger charge is -2.51. The first-order valence-electron chi connectivity index (χ1n) is 9.91. The Morgan fingerprint density at radius 1 is 0.619 bits per heavy atom. The topological polar surface area (TPSA) is 0 Å². The molecule has 0 spiro atoms. The Bertz CT molecular complexity index is 277. The van der Waals surface area contributed by atoms with Crippen molar-refractivity contribution < 1.29 is 0 Å². The van der Waals surface area contributed by atoms with Gasteiger partial charge in [-0.15, -0.1) is 0 Å². The number of rotatable bonds is 4. The van der Waals surface area contributed by atoms with Gasteiger partial charge >= 0.3 is 0 Å². The minimum atomic E-state index is 0.875. The summed E-state index contributed by atoms with van der Waals surface area (Å²) in [4.78, 5) is 0. The van der Waals surface area contributed by atoms with E-state index in [-0.39, 0.29) is 0 Å². The zero-order chi connectivity index (χ0) is 15.6. The standard InChI is InChI=1S/C21H40/c1-14(2)18-12-19(15(3)4)21(20(13-18)16(5)6)17-10-8-7-9-11-17/h14-21H,7-13H2,1-6H3. The Morgan fingerprint density at radius 2 is 1.10 bits per heavy atom. The molecule has 2 aliphatic carbocycles. The molecule has 0 nitrogen and oxygen atoms in total. The van der Waals surface area contributed by atoms with Crippen LogP contribution in [0.25, 0.3) is 0 Å². The van der Waals surface area contributed by atoms with Crippen LogP contribution in [-0.2, 0) is 0 Å². The van der Waals surface area contributed by atoms with E-state index >= 15 is 0 Å². The molecule has 0 N–H and O–H groups in total. The van der Waals surface area contributed by atoms with Gasteiger partial charge in [-0.25, -0.2) is 0 Å². The molecule has 0 aromatic heterocycles. The predicted molar refractivity (Wildman–Crippen MR) is 94.3 cm³/mol. The smallest absolute Gasteiger partial charge is 0.0324 e. The fourth-order valence-corrected chi connectivity index (χ4v) is 5.62. The van der Waals surface area contributed by atoms with Gasteiger partial charge in [0, 0.05) is 0 Å². The summed E-state index contributed by atoms with van der Waals surface area (Å²) in [7, 11) is 0. The normalized spacial score (nSPS) is 35.9. The fourth-order valence-electron chi connectivity index (χ4n) is 5.62. The van der Waals surface area contributed by atoms with E-state index in [1.807, 2.05) is 0 Å². The summed E-state index contributed by atoms with van der Waals surface area (Å²) in [5.41, 5.74) is 0. The maximum absolute atomic E-state index is 2.50. The molecule has 2 atom stereocenters. The Balaban J connectivity index is 2.22. The highest BCUT2D eigenvalue weighted by molar-refractivity contribution is 4.93. The van der Waals surface area contributed by atoms with E-state index in [1.54, 1.807) is 0 Å². The molecular weight excluding hydrogens is 252 g/mol. The Morgan fingerprint density at radius 3 is 1.48 bits per heavy atom. The van der Waals surface area contributed by atoms with Gasteiger partial charge in [0.1, 0.15) is 0 Å². The third-order valence-corrected chi connectivity index (χ3v) is 6.99. The lowest BCUT2D eigenvalue weighted by molar-refractivity contribution is -0.0143. The maximum atomic E-state index is 2.50. The van der Waals surface area contributed by atoms with Crippen LogP contribution < -0.4 is 0 Å². The summed E-state index contributed by atoms with van der Waals surface area (Å²) in [5.74, 6) is 7.65. The Labute approximate surface area is 134 Å². The summed E-state index contributed by atoms with van der Waals surface area (Å²) < 4.78 is 0. The van der Waals surface area contributed by atoms with Crippen molar-refractivity contribution in [1.82, 2.24) is 0 Å². The molecule has 2 rings (SSSR count). The van der Waals surface area contributed by atoms with E-state index < -0.39 is 0 Å². The van der Waals surface area contributed by atoms with E-state index in [4.69, 9.17) is 0 Å². The average Bonchev–Trinajstić information content (AvgIpc) is 2.46. The monoisotopic (exact) mass is 292 g/mol. The van der Waals surface area contributed by atoms with Gasteiger partial charge in [-0.2, -0.15) is 0 Å². The molecule has 2 fully saturated rings. The molecule has 0 radical (unpaired) electrons. The Kier molecular flexibility index (Phi) is 6.21. The lowest BCUT2D eigenvalue weighted by atomic mass is 9.55. The number of hydrogen-bond donors (Lipinski definition) is 0. The molecule has 0 aromatic carbocycles. The highest BCUT2D eigenvalue weighted by Crippen LogP contribution is 2.52. The van der Waals surface area contributed by atoms with Crippen LogP contribution >= 0.6 is 0 Å². The maximum Gasteiger partial charge on any atom is -0.0324 e. The molecule has 0 aromatic rings. The van der Waals surface area contributed by atoms with Crippen LogP contribution in [0.4, 0.5) is 0 Å². The zero-order valence-electron chi connectivity index (χ0n) is 15.6. The van der Waals surface area contributed by atoms with Crippen molar-refractivity contribution in [2.45, 2.75) is 86.5 Å². The fraction of sp³-hybridized carbons (Fsp3) is 1.00. The Hall–Kier alpha value is 0.